The Morgan fingerprint density at radius 1 is 1.31 bits per heavy atom. The number of cyclic esters (lactones) is 1. The van der Waals surface area contributed by atoms with Crippen molar-refractivity contribution < 1.29 is 32.9 Å². The Morgan fingerprint density at radius 3 is 2.69 bits per heavy atom. The summed E-state index contributed by atoms with van der Waals surface area (Å²) in [4.78, 5) is 26.6. The third-order valence-electron chi connectivity index (χ3n) is 5.46. The van der Waals surface area contributed by atoms with Gasteiger partial charge in [0.25, 0.3) is 0 Å². The molecule has 3 heterocycles. The van der Waals surface area contributed by atoms with Gasteiger partial charge in [0.2, 0.25) is 0 Å². The molecule has 2 amide bonds. The number of rotatable bonds is 4. The molecule has 3 fully saturated rings. The Labute approximate surface area is 167 Å². The van der Waals surface area contributed by atoms with Crippen LogP contribution in [0.5, 0.6) is 0 Å². The fourth-order valence-corrected chi connectivity index (χ4v) is 3.90. The fourth-order valence-electron chi connectivity index (χ4n) is 3.90. The lowest BCUT2D eigenvalue weighted by molar-refractivity contribution is -0.169. The van der Waals surface area contributed by atoms with E-state index in [1.54, 1.807) is 12.1 Å². The normalized spacial score (nSPS) is 23.4. The molecule has 0 aliphatic carbocycles. The van der Waals surface area contributed by atoms with E-state index in [2.05, 4.69) is 10.1 Å². The fraction of sp³-hybridized carbons (Fsp3) is 0.579. The number of carbonyl (C=O) groups is 2. The Hall–Kier alpha value is -2.59. The van der Waals surface area contributed by atoms with Crippen LogP contribution < -0.4 is 15.1 Å². The molecule has 0 radical (unpaired) electrons. The molecule has 29 heavy (non-hydrogen) atoms. The van der Waals surface area contributed by atoms with E-state index in [1.165, 1.54) is 18.1 Å². The van der Waals surface area contributed by atoms with Crippen molar-refractivity contribution in [3.63, 3.8) is 0 Å². The predicted molar refractivity (Wildman–Crippen MR) is 101 cm³/mol. The van der Waals surface area contributed by atoms with Crippen LogP contribution in [0.4, 0.5) is 25.4 Å². The number of ether oxygens (including phenoxy) is 4. The SMILES string of the molecule is COC(=O)NC[C@H]1CN(c2ccc(N3CCC4(CC3)OCCO4)c(F)c2)C(=O)O1. The smallest absolute Gasteiger partial charge is 0.414 e. The van der Waals surface area contributed by atoms with E-state index in [1.807, 2.05) is 4.90 Å². The summed E-state index contributed by atoms with van der Waals surface area (Å²) in [6.07, 6.45) is -0.354. The van der Waals surface area contributed by atoms with Crippen molar-refractivity contribution in [2.75, 3.05) is 56.3 Å². The highest BCUT2D eigenvalue weighted by Crippen LogP contribution is 2.35. The zero-order valence-corrected chi connectivity index (χ0v) is 16.2. The van der Waals surface area contributed by atoms with Crippen LogP contribution in [0.25, 0.3) is 0 Å². The van der Waals surface area contributed by atoms with Gasteiger partial charge in [-0.25, -0.2) is 14.0 Å². The second kappa shape index (κ2) is 8.03. The molecule has 0 saturated carbocycles. The van der Waals surface area contributed by atoms with Crippen molar-refractivity contribution >= 4 is 23.6 Å². The van der Waals surface area contributed by atoms with E-state index in [4.69, 9.17) is 14.2 Å². The topological polar surface area (TPSA) is 89.6 Å². The summed E-state index contributed by atoms with van der Waals surface area (Å²) < 4.78 is 36.0. The maximum Gasteiger partial charge on any atom is 0.414 e. The maximum atomic E-state index is 14.8. The van der Waals surface area contributed by atoms with Crippen LogP contribution in [0, 0.1) is 5.82 Å². The number of piperidine rings is 1. The minimum atomic E-state index is -0.605. The summed E-state index contributed by atoms with van der Waals surface area (Å²) in [5, 5.41) is 2.48. The van der Waals surface area contributed by atoms with Gasteiger partial charge < -0.3 is 29.2 Å². The van der Waals surface area contributed by atoms with E-state index in [-0.39, 0.29) is 13.1 Å². The Morgan fingerprint density at radius 2 is 2.03 bits per heavy atom. The number of hydrogen-bond donors (Lipinski definition) is 1. The Kier molecular flexibility index (Phi) is 5.46. The van der Waals surface area contributed by atoms with Gasteiger partial charge in [-0.3, -0.25) is 4.90 Å². The summed E-state index contributed by atoms with van der Waals surface area (Å²) in [6.45, 7) is 2.79. The zero-order valence-electron chi connectivity index (χ0n) is 16.2. The predicted octanol–water partition coefficient (Wildman–Crippen LogP) is 1.85. The number of carbonyl (C=O) groups excluding carboxylic acids is 2. The average Bonchev–Trinajstić information content (AvgIpc) is 3.33. The van der Waals surface area contributed by atoms with Gasteiger partial charge in [0, 0.05) is 25.9 Å². The second-order valence-electron chi connectivity index (χ2n) is 7.22. The van der Waals surface area contributed by atoms with Crippen LogP contribution in [0.3, 0.4) is 0 Å². The van der Waals surface area contributed by atoms with Gasteiger partial charge in [0.15, 0.2) is 5.79 Å². The number of amides is 2. The van der Waals surface area contributed by atoms with Crippen molar-refractivity contribution in [3.8, 4) is 0 Å². The summed E-state index contributed by atoms with van der Waals surface area (Å²) in [7, 11) is 1.25. The second-order valence-corrected chi connectivity index (χ2v) is 7.22. The van der Waals surface area contributed by atoms with E-state index in [9.17, 15) is 14.0 Å². The molecule has 3 aliphatic rings. The molecule has 3 aliphatic heterocycles. The highest BCUT2D eigenvalue weighted by molar-refractivity contribution is 5.90. The summed E-state index contributed by atoms with van der Waals surface area (Å²) in [5.41, 5.74) is 0.894. The van der Waals surface area contributed by atoms with E-state index >= 15 is 0 Å². The van der Waals surface area contributed by atoms with Crippen LogP contribution >= 0.6 is 0 Å². The first-order valence-electron chi connectivity index (χ1n) is 9.62. The number of alkyl carbamates (subject to hydrolysis) is 1. The monoisotopic (exact) mass is 409 g/mol. The van der Waals surface area contributed by atoms with Gasteiger partial charge >= 0.3 is 12.2 Å². The summed E-state index contributed by atoms with van der Waals surface area (Å²) >= 11 is 0. The molecule has 10 heteroatoms. The molecule has 0 aromatic heterocycles. The number of hydrogen-bond acceptors (Lipinski definition) is 7. The first-order chi connectivity index (χ1) is 14.0. The number of anilines is 2. The quantitative estimate of drug-likeness (QED) is 0.812. The Bertz CT molecular complexity index is 775. The highest BCUT2D eigenvalue weighted by Gasteiger charge is 2.40. The number of benzene rings is 1. The van der Waals surface area contributed by atoms with Crippen LogP contribution in [-0.2, 0) is 18.9 Å². The molecule has 0 bridgehead atoms. The third kappa shape index (κ3) is 4.08. The lowest BCUT2D eigenvalue weighted by Gasteiger charge is -2.38. The van der Waals surface area contributed by atoms with Gasteiger partial charge in [0.05, 0.1) is 44.8 Å². The standard InChI is InChI=1S/C19H24FN3O6/c1-26-17(24)21-11-14-12-23(18(25)29-14)13-2-3-16(15(20)10-13)22-6-4-19(5-7-22)27-8-9-28-19/h2-3,10,14H,4-9,11-12H2,1H3,(H,21,24)/t14-/m0/s1. The average molecular weight is 409 g/mol. The minimum absolute atomic E-state index is 0.120. The van der Waals surface area contributed by atoms with E-state index < -0.39 is 29.9 Å². The molecular weight excluding hydrogens is 385 g/mol. The number of methoxy groups -OCH3 is 1. The van der Waals surface area contributed by atoms with E-state index in [0.29, 0.717) is 50.5 Å². The molecule has 9 nitrogen and oxygen atoms in total. The molecule has 3 saturated heterocycles. The van der Waals surface area contributed by atoms with Gasteiger partial charge in [-0.05, 0) is 18.2 Å². The number of halogens is 1. The van der Waals surface area contributed by atoms with Crippen LogP contribution in [0.2, 0.25) is 0 Å². The first kappa shape index (κ1) is 19.7. The minimum Gasteiger partial charge on any atom is -0.453 e. The van der Waals surface area contributed by atoms with Gasteiger partial charge in [-0.1, -0.05) is 0 Å². The van der Waals surface area contributed by atoms with Crippen LogP contribution in [-0.4, -0.2) is 70.6 Å². The molecule has 1 spiro atoms. The van der Waals surface area contributed by atoms with Crippen LogP contribution in [0.15, 0.2) is 18.2 Å². The number of nitrogens with one attached hydrogen (secondary N) is 1. The van der Waals surface area contributed by atoms with Crippen molar-refractivity contribution in [1.82, 2.24) is 5.32 Å². The van der Waals surface area contributed by atoms with Gasteiger partial charge in [-0.2, -0.15) is 0 Å². The lowest BCUT2D eigenvalue weighted by Crippen LogP contribution is -2.45. The molecule has 1 atom stereocenters. The lowest BCUT2D eigenvalue weighted by atomic mass is 10.0. The number of nitrogens with zero attached hydrogens (tertiary/aromatic N) is 2. The van der Waals surface area contributed by atoms with Crippen molar-refractivity contribution in [2.24, 2.45) is 0 Å². The molecule has 1 aromatic carbocycles. The van der Waals surface area contributed by atoms with Gasteiger partial charge in [-0.15, -0.1) is 0 Å². The zero-order chi connectivity index (χ0) is 20.4. The third-order valence-corrected chi connectivity index (χ3v) is 5.46. The van der Waals surface area contributed by atoms with Gasteiger partial charge in [0.1, 0.15) is 11.9 Å². The largest absolute Gasteiger partial charge is 0.453 e. The molecular formula is C19H24FN3O6. The highest BCUT2D eigenvalue weighted by atomic mass is 19.1. The Balaban J connectivity index is 1.38. The summed E-state index contributed by atoms with van der Waals surface area (Å²) in [6, 6.07) is 4.70. The van der Waals surface area contributed by atoms with E-state index in [0.717, 1.165) is 0 Å². The van der Waals surface area contributed by atoms with Crippen molar-refractivity contribution in [1.29, 1.82) is 0 Å². The maximum absolute atomic E-state index is 14.8. The molecule has 0 unspecified atom stereocenters. The molecule has 1 N–H and O–H groups in total. The molecule has 4 rings (SSSR count). The molecule has 158 valence electrons. The summed E-state index contributed by atoms with van der Waals surface area (Å²) in [5.74, 6) is -0.921. The molecule has 1 aromatic rings. The van der Waals surface area contributed by atoms with Crippen molar-refractivity contribution in [2.45, 2.75) is 24.7 Å². The first-order valence-corrected chi connectivity index (χ1v) is 9.62. The van der Waals surface area contributed by atoms with Crippen LogP contribution in [0.1, 0.15) is 12.8 Å². The van der Waals surface area contributed by atoms with Crippen molar-refractivity contribution in [3.05, 3.63) is 24.0 Å².